The van der Waals surface area contributed by atoms with Gasteiger partial charge >= 0.3 is 6.03 Å². The van der Waals surface area contributed by atoms with Crippen LogP contribution in [0, 0.1) is 5.92 Å². The van der Waals surface area contributed by atoms with Gasteiger partial charge in [0.15, 0.2) is 0 Å². The number of carbonyl (C=O) groups excluding carboxylic acids is 1. The van der Waals surface area contributed by atoms with Crippen LogP contribution in [-0.4, -0.2) is 60.2 Å². The second-order valence-corrected chi connectivity index (χ2v) is 7.59. The molecule has 2 atom stereocenters. The zero-order chi connectivity index (χ0) is 18.6. The van der Waals surface area contributed by atoms with E-state index >= 15 is 0 Å². The minimum absolute atomic E-state index is 0.0948. The van der Waals surface area contributed by atoms with Gasteiger partial charge in [-0.05, 0) is 37.2 Å². The van der Waals surface area contributed by atoms with Crippen molar-refractivity contribution in [1.82, 2.24) is 9.96 Å². The molecular formula is C20H28N4O3. The fourth-order valence-corrected chi connectivity index (χ4v) is 4.09. The van der Waals surface area contributed by atoms with Crippen LogP contribution >= 0.6 is 0 Å². The fraction of sp³-hybridized carbons (Fsp3) is 0.600. The van der Waals surface area contributed by atoms with Crippen LogP contribution in [-0.2, 0) is 16.2 Å². The molecule has 1 aromatic carbocycles. The van der Waals surface area contributed by atoms with Gasteiger partial charge in [0, 0.05) is 26.3 Å². The van der Waals surface area contributed by atoms with Crippen LogP contribution in [0.25, 0.3) is 0 Å². The number of amidine groups is 1. The molecule has 0 unspecified atom stereocenters. The summed E-state index contributed by atoms with van der Waals surface area (Å²) in [5.74, 6) is 1.12. The molecule has 2 amide bonds. The zero-order valence-electron chi connectivity index (χ0n) is 15.6. The smallest absolute Gasteiger partial charge is 0.344 e. The number of piperidine rings is 1. The number of nitrogens with zero attached hydrogens (tertiary/aromatic N) is 3. The minimum Gasteiger partial charge on any atom is -0.386 e. The largest absolute Gasteiger partial charge is 0.386 e. The Labute approximate surface area is 160 Å². The molecule has 7 nitrogen and oxygen atoms in total. The molecule has 1 aromatic rings. The number of aliphatic imine (C=N–C) groups is 1. The van der Waals surface area contributed by atoms with E-state index in [0.717, 1.165) is 51.0 Å². The van der Waals surface area contributed by atoms with Gasteiger partial charge in [-0.2, -0.15) is 5.06 Å². The summed E-state index contributed by atoms with van der Waals surface area (Å²) in [6.07, 6.45) is 3.79. The van der Waals surface area contributed by atoms with Crippen LogP contribution in [0.15, 0.2) is 35.3 Å². The van der Waals surface area contributed by atoms with Crippen molar-refractivity contribution in [3.63, 3.8) is 0 Å². The first-order chi connectivity index (χ1) is 13.2. The summed E-state index contributed by atoms with van der Waals surface area (Å²) in [7, 11) is 0. The van der Waals surface area contributed by atoms with Crippen LogP contribution in [0.1, 0.15) is 31.2 Å². The number of urea groups is 1. The van der Waals surface area contributed by atoms with Gasteiger partial charge in [0.2, 0.25) is 0 Å². The predicted octanol–water partition coefficient (Wildman–Crippen LogP) is 2.17. The van der Waals surface area contributed by atoms with Crippen molar-refractivity contribution in [2.24, 2.45) is 16.6 Å². The molecule has 2 bridgehead atoms. The van der Waals surface area contributed by atoms with Gasteiger partial charge < -0.3 is 15.4 Å². The average Bonchev–Trinajstić information content (AvgIpc) is 2.96. The maximum atomic E-state index is 12.8. The third kappa shape index (κ3) is 4.09. The van der Waals surface area contributed by atoms with Gasteiger partial charge in [0.1, 0.15) is 12.4 Å². The van der Waals surface area contributed by atoms with Crippen molar-refractivity contribution in [2.45, 2.75) is 44.4 Å². The second kappa shape index (κ2) is 8.27. The van der Waals surface area contributed by atoms with Gasteiger partial charge in [-0.25, -0.2) is 4.79 Å². The quantitative estimate of drug-likeness (QED) is 0.613. The SMILES string of the molecule is NC(=NCC1CCOCC1)[C@@H]1CC[C@@H]2CN1C(=O)N2OCc1ccccc1. The first kappa shape index (κ1) is 18.3. The van der Waals surface area contributed by atoms with E-state index in [2.05, 4.69) is 4.99 Å². The third-order valence-electron chi connectivity index (χ3n) is 5.75. The molecule has 0 saturated carbocycles. The van der Waals surface area contributed by atoms with Gasteiger partial charge in [-0.1, -0.05) is 30.3 Å². The number of benzene rings is 1. The highest BCUT2D eigenvalue weighted by atomic mass is 16.7. The van der Waals surface area contributed by atoms with E-state index in [4.69, 9.17) is 15.3 Å². The van der Waals surface area contributed by atoms with Crippen molar-refractivity contribution >= 4 is 11.9 Å². The Morgan fingerprint density at radius 3 is 2.74 bits per heavy atom. The maximum absolute atomic E-state index is 12.8. The lowest BCUT2D eigenvalue weighted by Crippen LogP contribution is -2.48. The van der Waals surface area contributed by atoms with Crippen LogP contribution in [0.4, 0.5) is 4.79 Å². The van der Waals surface area contributed by atoms with Gasteiger partial charge in [-0.3, -0.25) is 9.83 Å². The van der Waals surface area contributed by atoms with E-state index in [9.17, 15) is 4.79 Å². The topological polar surface area (TPSA) is 80.4 Å². The number of nitrogens with two attached hydrogens (primary N) is 1. The summed E-state index contributed by atoms with van der Waals surface area (Å²) in [4.78, 5) is 25.1. The Balaban J connectivity index is 1.35. The molecule has 2 N–H and O–H groups in total. The Hall–Kier alpha value is -2.12. The molecule has 0 radical (unpaired) electrons. The second-order valence-electron chi connectivity index (χ2n) is 7.59. The number of hydrogen-bond donors (Lipinski definition) is 1. The Morgan fingerprint density at radius 1 is 1.19 bits per heavy atom. The summed E-state index contributed by atoms with van der Waals surface area (Å²) in [5.41, 5.74) is 7.34. The van der Waals surface area contributed by atoms with Gasteiger partial charge in [0.05, 0.1) is 12.1 Å². The van der Waals surface area contributed by atoms with E-state index in [0.29, 0.717) is 24.9 Å². The van der Waals surface area contributed by atoms with Crippen molar-refractivity contribution in [3.8, 4) is 0 Å². The fourth-order valence-electron chi connectivity index (χ4n) is 4.09. The molecule has 0 aromatic heterocycles. The molecule has 3 fully saturated rings. The van der Waals surface area contributed by atoms with E-state index in [1.165, 1.54) is 0 Å². The normalized spacial score (nSPS) is 26.7. The molecule has 3 aliphatic heterocycles. The molecular weight excluding hydrogens is 344 g/mol. The maximum Gasteiger partial charge on any atom is 0.344 e. The highest BCUT2D eigenvalue weighted by Gasteiger charge is 2.46. The third-order valence-corrected chi connectivity index (χ3v) is 5.75. The molecule has 3 saturated heterocycles. The number of fused-ring (bicyclic) bond motifs is 2. The van der Waals surface area contributed by atoms with E-state index in [1.54, 1.807) is 5.06 Å². The molecule has 27 heavy (non-hydrogen) atoms. The standard InChI is InChI=1S/C20H28N4O3/c21-19(22-12-15-8-10-26-11-9-15)18-7-6-17-13-23(18)20(25)24(17)27-14-16-4-2-1-3-5-16/h1-5,15,17-18H,6-14H2,(H2,21,22)/t17-,18+/m1/s1. The van der Waals surface area contributed by atoms with Crippen molar-refractivity contribution < 1.29 is 14.4 Å². The van der Waals surface area contributed by atoms with Crippen molar-refractivity contribution in [1.29, 1.82) is 0 Å². The molecule has 4 rings (SSSR count). The summed E-state index contributed by atoms with van der Waals surface area (Å²) < 4.78 is 5.39. The zero-order valence-corrected chi connectivity index (χ0v) is 15.6. The van der Waals surface area contributed by atoms with Gasteiger partial charge in [-0.15, -0.1) is 0 Å². The lowest BCUT2D eigenvalue weighted by molar-refractivity contribution is -0.140. The Morgan fingerprint density at radius 2 is 1.96 bits per heavy atom. The van der Waals surface area contributed by atoms with E-state index < -0.39 is 0 Å². The molecule has 3 aliphatic rings. The molecule has 7 heteroatoms. The number of amides is 2. The Bertz CT molecular complexity index is 675. The van der Waals surface area contributed by atoms with E-state index in [-0.39, 0.29) is 18.1 Å². The number of carbonyl (C=O) groups is 1. The molecule has 0 spiro atoms. The number of rotatable bonds is 6. The number of ether oxygens (including phenoxy) is 1. The van der Waals surface area contributed by atoms with Crippen molar-refractivity contribution in [2.75, 3.05) is 26.3 Å². The van der Waals surface area contributed by atoms with Crippen LogP contribution in [0.2, 0.25) is 0 Å². The molecule has 3 heterocycles. The Kier molecular flexibility index (Phi) is 5.59. The lowest BCUT2D eigenvalue weighted by atomic mass is 9.99. The number of hydroxylamine groups is 2. The average molecular weight is 372 g/mol. The van der Waals surface area contributed by atoms with E-state index in [1.807, 2.05) is 35.2 Å². The van der Waals surface area contributed by atoms with Crippen LogP contribution in [0.3, 0.4) is 0 Å². The first-order valence-corrected chi connectivity index (χ1v) is 9.86. The summed E-state index contributed by atoms with van der Waals surface area (Å²) in [5, 5.41) is 1.54. The lowest BCUT2D eigenvalue weighted by Gasteiger charge is -2.30. The van der Waals surface area contributed by atoms with Crippen molar-refractivity contribution in [3.05, 3.63) is 35.9 Å². The van der Waals surface area contributed by atoms with Crippen LogP contribution < -0.4 is 5.73 Å². The molecule has 0 aliphatic carbocycles. The summed E-state index contributed by atoms with van der Waals surface area (Å²) in [6.45, 7) is 3.40. The van der Waals surface area contributed by atoms with Gasteiger partial charge in [0.25, 0.3) is 0 Å². The highest BCUT2D eigenvalue weighted by molar-refractivity contribution is 5.91. The number of hydrogen-bond acceptors (Lipinski definition) is 4. The highest BCUT2D eigenvalue weighted by Crippen LogP contribution is 2.30. The summed E-state index contributed by atoms with van der Waals surface area (Å²) >= 11 is 0. The predicted molar refractivity (Wildman–Crippen MR) is 102 cm³/mol. The monoisotopic (exact) mass is 372 g/mol. The minimum atomic E-state index is -0.112. The van der Waals surface area contributed by atoms with Crippen LogP contribution in [0.5, 0.6) is 0 Å². The summed E-state index contributed by atoms with van der Waals surface area (Å²) in [6, 6.07) is 9.79. The molecule has 146 valence electrons. The first-order valence-electron chi connectivity index (χ1n) is 9.86.